The Labute approximate surface area is 220 Å². The number of anilines is 2. The van der Waals surface area contributed by atoms with Crippen LogP contribution in [0.25, 0.3) is 11.1 Å². The normalized spacial score (nSPS) is 14.1. The smallest absolute Gasteiger partial charge is 0.265 e. The summed E-state index contributed by atoms with van der Waals surface area (Å²) < 4.78 is 42.0. The number of para-hydroxylation sites is 1. The maximum absolute atomic E-state index is 14.1. The minimum atomic E-state index is -4.10. The summed E-state index contributed by atoms with van der Waals surface area (Å²) in [6.45, 7) is 1.29. The number of benzene rings is 4. The molecule has 5 rings (SSSR count). The molecule has 0 spiro atoms. The van der Waals surface area contributed by atoms with Crippen LogP contribution in [-0.4, -0.2) is 26.8 Å². The largest absolute Gasteiger partial charge is 0.345 e. The van der Waals surface area contributed by atoms with Crippen LogP contribution in [0.15, 0.2) is 102 Å². The molecule has 1 aliphatic heterocycles. The Morgan fingerprint density at radius 1 is 0.868 bits per heavy atom. The first-order valence-corrected chi connectivity index (χ1v) is 13.4. The van der Waals surface area contributed by atoms with Crippen LogP contribution in [0.3, 0.4) is 0 Å². The number of rotatable bonds is 6. The molecule has 0 aliphatic carbocycles. The molecule has 1 aliphatic rings. The van der Waals surface area contributed by atoms with E-state index in [9.17, 15) is 22.4 Å². The number of amides is 2. The van der Waals surface area contributed by atoms with Crippen LogP contribution in [0.1, 0.15) is 28.9 Å². The highest BCUT2D eigenvalue weighted by Gasteiger charge is 2.36. The van der Waals surface area contributed by atoms with E-state index in [1.54, 1.807) is 42.5 Å². The van der Waals surface area contributed by atoms with Crippen molar-refractivity contribution in [1.29, 1.82) is 0 Å². The first-order chi connectivity index (χ1) is 18.3. The first-order valence-electron chi connectivity index (χ1n) is 11.9. The van der Waals surface area contributed by atoms with E-state index in [0.29, 0.717) is 11.1 Å². The standard InChI is InChI=1S/C29H24FN3O4S/c1-19(20-9-3-2-4-10-20)31-29(35)23-12-5-7-13-25(23)32-28(34)18-33-26-16-15-21(30)17-24(26)22-11-6-8-14-27(22)38(33,36)37/h2-17,19H,18H2,1H3,(H,31,35)(H,32,34)/t19-/m1/s1. The van der Waals surface area contributed by atoms with Gasteiger partial charge in [0.1, 0.15) is 12.4 Å². The average molecular weight is 530 g/mol. The third kappa shape index (κ3) is 4.76. The second-order valence-corrected chi connectivity index (χ2v) is 10.7. The summed E-state index contributed by atoms with van der Waals surface area (Å²) in [5.41, 5.74) is 2.34. The van der Waals surface area contributed by atoms with Crippen molar-refractivity contribution in [2.75, 3.05) is 16.2 Å². The van der Waals surface area contributed by atoms with Gasteiger partial charge in [-0.1, -0.05) is 60.7 Å². The summed E-state index contributed by atoms with van der Waals surface area (Å²) in [5, 5.41) is 5.59. The molecule has 0 fully saturated rings. The molecule has 0 aromatic heterocycles. The number of hydrogen-bond donors (Lipinski definition) is 2. The van der Waals surface area contributed by atoms with E-state index in [4.69, 9.17) is 0 Å². The molecule has 1 heterocycles. The van der Waals surface area contributed by atoms with Gasteiger partial charge in [0.05, 0.1) is 27.9 Å². The van der Waals surface area contributed by atoms with Crippen molar-refractivity contribution in [1.82, 2.24) is 5.32 Å². The second kappa shape index (κ2) is 10.1. The molecule has 192 valence electrons. The van der Waals surface area contributed by atoms with Crippen molar-refractivity contribution < 1.29 is 22.4 Å². The Morgan fingerprint density at radius 3 is 2.34 bits per heavy atom. The van der Waals surface area contributed by atoms with Gasteiger partial charge in [0, 0.05) is 11.1 Å². The Bertz CT molecular complexity index is 1640. The van der Waals surface area contributed by atoms with E-state index in [2.05, 4.69) is 10.6 Å². The highest BCUT2D eigenvalue weighted by atomic mass is 32.2. The molecule has 0 saturated heterocycles. The van der Waals surface area contributed by atoms with Crippen LogP contribution in [0.2, 0.25) is 0 Å². The molecule has 0 unspecified atom stereocenters. The Hall–Kier alpha value is -4.50. The second-order valence-electron chi connectivity index (χ2n) is 8.87. The number of carbonyl (C=O) groups excluding carboxylic acids is 2. The van der Waals surface area contributed by atoms with Gasteiger partial charge in [-0.25, -0.2) is 12.8 Å². The topological polar surface area (TPSA) is 95.6 Å². The molecule has 1 atom stereocenters. The fourth-order valence-corrected chi connectivity index (χ4v) is 6.13. The fourth-order valence-electron chi connectivity index (χ4n) is 4.48. The zero-order valence-electron chi connectivity index (χ0n) is 20.4. The van der Waals surface area contributed by atoms with Crippen molar-refractivity contribution in [3.05, 3.63) is 114 Å². The van der Waals surface area contributed by atoms with Gasteiger partial charge in [0.2, 0.25) is 5.91 Å². The van der Waals surface area contributed by atoms with Crippen LogP contribution in [-0.2, 0) is 14.8 Å². The molecule has 4 aromatic carbocycles. The lowest BCUT2D eigenvalue weighted by Crippen LogP contribution is -2.40. The number of fused-ring (bicyclic) bond motifs is 3. The molecular formula is C29H24FN3O4S. The molecular weight excluding hydrogens is 505 g/mol. The van der Waals surface area contributed by atoms with Crippen molar-refractivity contribution in [3.8, 4) is 11.1 Å². The highest BCUT2D eigenvalue weighted by Crippen LogP contribution is 2.43. The van der Waals surface area contributed by atoms with Crippen molar-refractivity contribution in [2.24, 2.45) is 0 Å². The van der Waals surface area contributed by atoms with Crippen LogP contribution in [0, 0.1) is 5.82 Å². The van der Waals surface area contributed by atoms with Gasteiger partial charge in [-0.05, 0) is 48.9 Å². The zero-order valence-corrected chi connectivity index (χ0v) is 21.2. The summed E-state index contributed by atoms with van der Waals surface area (Å²) in [6, 6.07) is 25.7. The molecule has 0 radical (unpaired) electrons. The van der Waals surface area contributed by atoms with Gasteiger partial charge >= 0.3 is 0 Å². The van der Waals surface area contributed by atoms with Crippen LogP contribution >= 0.6 is 0 Å². The van der Waals surface area contributed by atoms with Crippen molar-refractivity contribution in [3.63, 3.8) is 0 Å². The predicted octanol–water partition coefficient (Wildman–Crippen LogP) is 5.13. The fraction of sp³-hybridized carbons (Fsp3) is 0.103. The van der Waals surface area contributed by atoms with Gasteiger partial charge in [0.15, 0.2) is 0 Å². The Morgan fingerprint density at radius 2 is 1.55 bits per heavy atom. The number of nitrogens with one attached hydrogen (secondary N) is 2. The molecule has 0 bridgehead atoms. The number of sulfonamides is 1. The van der Waals surface area contributed by atoms with Crippen LogP contribution in [0.4, 0.5) is 15.8 Å². The lowest BCUT2D eigenvalue weighted by atomic mass is 10.0. The number of hydrogen-bond acceptors (Lipinski definition) is 4. The molecule has 2 amide bonds. The van der Waals surface area contributed by atoms with E-state index in [-0.39, 0.29) is 27.9 Å². The summed E-state index contributed by atoms with van der Waals surface area (Å²) in [7, 11) is -4.10. The third-order valence-electron chi connectivity index (χ3n) is 6.35. The summed E-state index contributed by atoms with van der Waals surface area (Å²) in [4.78, 5) is 26.2. The molecule has 0 saturated carbocycles. The van der Waals surface area contributed by atoms with Crippen molar-refractivity contribution in [2.45, 2.75) is 17.9 Å². The molecule has 38 heavy (non-hydrogen) atoms. The summed E-state index contributed by atoms with van der Waals surface area (Å²) >= 11 is 0. The van der Waals surface area contributed by atoms with Gasteiger partial charge in [0.25, 0.3) is 15.9 Å². The van der Waals surface area contributed by atoms with Crippen LogP contribution in [0.5, 0.6) is 0 Å². The van der Waals surface area contributed by atoms with Gasteiger partial charge in [-0.2, -0.15) is 0 Å². The first kappa shape index (κ1) is 25.2. The maximum atomic E-state index is 14.1. The lowest BCUT2D eigenvalue weighted by molar-refractivity contribution is -0.114. The number of carbonyl (C=O) groups is 2. The van der Waals surface area contributed by atoms with Gasteiger partial charge in [-0.3, -0.25) is 13.9 Å². The average Bonchev–Trinajstić information content (AvgIpc) is 2.92. The SMILES string of the molecule is C[C@@H](NC(=O)c1ccccc1NC(=O)CN1c2ccc(F)cc2-c2ccccc2S1(=O)=O)c1ccccc1. The summed E-state index contributed by atoms with van der Waals surface area (Å²) in [5.74, 6) is -1.57. The molecule has 9 heteroatoms. The van der Waals surface area contributed by atoms with Gasteiger partial charge in [-0.15, -0.1) is 0 Å². The third-order valence-corrected chi connectivity index (χ3v) is 8.17. The minimum absolute atomic E-state index is 0.0134. The maximum Gasteiger partial charge on any atom is 0.265 e. The molecule has 2 N–H and O–H groups in total. The van der Waals surface area contributed by atoms with E-state index in [1.165, 1.54) is 18.2 Å². The molecule has 4 aromatic rings. The zero-order chi connectivity index (χ0) is 26.9. The Kier molecular flexibility index (Phi) is 6.69. The van der Waals surface area contributed by atoms with Crippen LogP contribution < -0.4 is 14.9 Å². The predicted molar refractivity (Wildman–Crippen MR) is 144 cm³/mol. The monoisotopic (exact) mass is 529 g/mol. The van der Waals surface area contributed by atoms with Gasteiger partial charge < -0.3 is 10.6 Å². The molecule has 7 nitrogen and oxygen atoms in total. The lowest BCUT2D eigenvalue weighted by Gasteiger charge is -2.31. The van der Waals surface area contributed by atoms with E-state index < -0.39 is 34.2 Å². The van der Waals surface area contributed by atoms with E-state index in [0.717, 1.165) is 15.9 Å². The number of nitrogens with zero attached hydrogens (tertiary/aromatic N) is 1. The number of halogens is 1. The van der Waals surface area contributed by atoms with Crippen molar-refractivity contribution >= 4 is 33.2 Å². The minimum Gasteiger partial charge on any atom is -0.345 e. The Balaban J connectivity index is 1.39. The summed E-state index contributed by atoms with van der Waals surface area (Å²) in [6.07, 6.45) is 0. The quantitative estimate of drug-likeness (QED) is 0.362. The van der Waals surface area contributed by atoms with E-state index in [1.807, 2.05) is 37.3 Å². The van der Waals surface area contributed by atoms with E-state index >= 15 is 0 Å². The highest BCUT2D eigenvalue weighted by molar-refractivity contribution is 7.93.